The predicted molar refractivity (Wildman–Crippen MR) is 68.5 cm³/mol. The number of halogens is 4. The van der Waals surface area contributed by atoms with Crippen LogP contribution < -0.4 is 5.32 Å². The molecule has 0 saturated carbocycles. The molecule has 6 heteroatoms. The lowest BCUT2D eigenvalue weighted by atomic mass is 10.2. The van der Waals surface area contributed by atoms with E-state index in [-0.39, 0.29) is 21.4 Å². The third kappa shape index (κ3) is 3.06. The summed E-state index contributed by atoms with van der Waals surface area (Å²) >= 11 is 2.93. The van der Waals surface area contributed by atoms with Gasteiger partial charge in [-0.3, -0.25) is 0 Å². The van der Waals surface area contributed by atoms with Crippen LogP contribution in [0.5, 0.6) is 0 Å². The molecular formula is C13H6BrF3N2. The maximum absolute atomic E-state index is 13.5. The third-order valence-electron chi connectivity index (χ3n) is 2.32. The van der Waals surface area contributed by atoms with Gasteiger partial charge in [0.15, 0.2) is 0 Å². The molecule has 0 atom stereocenters. The van der Waals surface area contributed by atoms with E-state index in [2.05, 4.69) is 21.2 Å². The fourth-order valence-corrected chi connectivity index (χ4v) is 1.84. The smallest absolute Gasteiger partial charge is 0.149 e. The molecule has 96 valence electrons. The van der Waals surface area contributed by atoms with Gasteiger partial charge in [-0.1, -0.05) is 0 Å². The molecule has 0 saturated heterocycles. The normalized spacial score (nSPS) is 10.1. The number of anilines is 2. The Morgan fingerprint density at radius 3 is 2.42 bits per heavy atom. The Hall–Kier alpha value is -2.00. The van der Waals surface area contributed by atoms with Gasteiger partial charge in [-0.25, -0.2) is 13.2 Å². The Morgan fingerprint density at radius 2 is 1.74 bits per heavy atom. The van der Waals surface area contributed by atoms with Crippen molar-refractivity contribution in [2.75, 3.05) is 5.32 Å². The summed E-state index contributed by atoms with van der Waals surface area (Å²) in [5.41, 5.74) is 0.279. The molecule has 2 nitrogen and oxygen atoms in total. The van der Waals surface area contributed by atoms with Crippen molar-refractivity contribution in [1.29, 1.82) is 5.26 Å². The molecule has 0 bridgehead atoms. The predicted octanol–water partition coefficient (Wildman–Crippen LogP) is 4.48. The van der Waals surface area contributed by atoms with Crippen molar-refractivity contribution in [2.45, 2.75) is 0 Å². The van der Waals surface area contributed by atoms with Crippen LogP contribution in [0.1, 0.15) is 5.56 Å². The monoisotopic (exact) mass is 326 g/mol. The highest BCUT2D eigenvalue weighted by atomic mass is 79.9. The molecule has 2 aromatic rings. The fourth-order valence-electron chi connectivity index (χ4n) is 1.50. The first-order valence-electron chi connectivity index (χ1n) is 5.12. The third-order valence-corrected chi connectivity index (χ3v) is 2.92. The maximum atomic E-state index is 13.5. The summed E-state index contributed by atoms with van der Waals surface area (Å²) in [5, 5.41) is 11.3. The number of hydrogen-bond acceptors (Lipinski definition) is 2. The highest BCUT2D eigenvalue weighted by Crippen LogP contribution is 2.27. The largest absolute Gasteiger partial charge is 0.353 e. The van der Waals surface area contributed by atoms with Gasteiger partial charge < -0.3 is 5.32 Å². The molecule has 2 aromatic carbocycles. The zero-order valence-electron chi connectivity index (χ0n) is 9.35. The number of nitrogens with one attached hydrogen (secondary N) is 1. The summed E-state index contributed by atoms with van der Waals surface area (Å²) in [7, 11) is 0. The Labute approximate surface area is 115 Å². The van der Waals surface area contributed by atoms with E-state index in [0.29, 0.717) is 6.07 Å². The van der Waals surface area contributed by atoms with Gasteiger partial charge in [0.1, 0.15) is 17.5 Å². The number of nitriles is 1. The highest BCUT2D eigenvalue weighted by molar-refractivity contribution is 9.10. The zero-order valence-corrected chi connectivity index (χ0v) is 10.9. The van der Waals surface area contributed by atoms with Gasteiger partial charge in [0.25, 0.3) is 0 Å². The number of benzene rings is 2. The molecule has 0 heterocycles. The standard InChI is InChI=1S/C13H6BrF3N2/c14-10-4-13(12(17)5-11(10)16)19-9-2-7(6-18)1-8(15)3-9/h1-5,19H. The summed E-state index contributed by atoms with van der Waals surface area (Å²) in [5.74, 6) is -2.17. The lowest BCUT2D eigenvalue weighted by Gasteiger charge is -2.09. The molecule has 0 radical (unpaired) electrons. The molecule has 0 aliphatic rings. The van der Waals surface area contributed by atoms with Gasteiger partial charge in [0.05, 0.1) is 21.8 Å². The molecule has 0 aliphatic heterocycles. The molecule has 1 N–H and O–H groups in total. The zero-order chi connectivity index (χ0) is 14.0. The van der Waals surface area contributed by atoms with Crippen molar-refractivity contribution in [3.63, 3.8) is 0 Å². The lowest BCUT2D eigenvalue weighted by Crippen LogP contribution is -1.96. The molecular weight excluding hydrogens is 321 g/mol. The SMILES string of the molecule is N#Cc1cc(F)cc(Nc2cc(Br)c(F)cc2F)c1. The van der Waals surface area contributed by atoms with E-state index >= 15 is 0 Å². The minimum absolute atomic E-state index is 0.0252. The summed E-state index contributed by atoms with van der Waals surface area (Å²) in [4.78, 5) is 0. The molecule has 0 spiro atoms. The van der Waals surface area contributed by atoms with E-state index in [1.807, 2.05) is 0 Å². The summed E-state index contributed by atoms with van der Waals surface area (Å²) in [6, 6.07) is 7.21. The maximum Gasteiger partial charge on any atom is 0.149 e. The summed E-state index contributed by atoms with van der Waals surface area (Å²) in [6.45, 7) is 0. The van der Waals surface area contributed by atoms with Gasteiger partial charge in [0, 0.05) is 11.8 Å². The van der Waals surface area contributed by atoms with Gasteiger partial charge in [-0.2, -0.15) is 5.26 Å². The van der Waals surface area contributed by atoms with Crippen LogP contribution in [0.2, 0.25) is 0 Å². The van der Waals surface area contributed by atoms with Gasteiger partial charge in [-0.05, 0) is 40.2 Å². The lowest BCUT2D eigenvalue weighted by molar-refractivity contribution is 0.581. The Morgan fingerprint density at radius 1 is 1.00 bits per heavy atom. The van der Waals surface area contributed by atoms with Crippen molar-refractivity contribution < 1.29 is 13.2 Å². The van der Waals surface area contributed by atoms with E-state index in [9.17, 15) is 13.2 Å². The van der Waals surface area contributed by atoms with Crippen LogP contribution >= 0.6 is 15.9 Å². The van der Waals surface area contributed by atoms with Crippen molar-refractivity contribution in [1.82, 2.24) is 0 Å². The highest BCUT2D eigenvalue weighted by Gasteiger charge is 2.09. The van der Waals surface area contributed by atoms with E-state index in [1.165, 1.54) is 12.1 Å². The van der Waals surface area contributed by atoms with Crippen molar-refractivity contribution >= 4 is 27.3 Å². The van der Waals surface area contributed by atoms with Crippen LogP contribution in [-0.4, -0.2) is 0 Å². The number of rotatable bonds is 2. The number of hydrogen-bond donors (Lipinski definition) is 1. The quantitative estimate of drug-likeness (QED) is 0.826. The van der Waals surface area contributed by atoms with Crippen LogP contribution in [-0.2, 0) is 0 Å². The first kappa shape index (κ1) is 13.4. The average Bonchev–Trinajstić information content (AvgIpc) is 2.35. The van der Waals surface area contributed by atoms with Crippen LogP contribution in [0.4, 0.5) is 24.5 Å². The van der Waals surface area contributed by atoms with Crippen LogP contribution in [0.3, 0.4) is 0 Å². The van der Waals surface area contributed by atoms with Crippen LogP contribution in [0.15, 0.2) is 34.8 Å². The van der Waals surface area contributed by atoms with Crippen LogP contribution in [0.25, 0.3) is 0 Å². The second-order valence-electron chi connectivity index (χ2n) is 3.71. The molecule has 0 fully saturated rings. The van der Waals surface area contributed by atoms with E-state index in [0.717, 1.165) is 12.1 Å². The minimum Gasteiger partial charge on any atom is -0.353 e. The Kier molecular flexibility index (Phi) is 3.76. The molecule has 0 amide bonds. The van der Waals surface area contributed by atoms with E-state index in [4.69, 9.17) is 5.26 Å². The average molecular weight is 327 g/mol. The first-order valence-corrected chi connectivity index (χ1v) is 5.91. The fraction of sp³-hybridized carbons (Fsp3) is 0. The van der Waals surface area contributed by atoms with E-state index < -0.39 is 17.5 Å². The minimum atomic E-state index is -0.816. The first-order chi connectivity index (χ1) is 8.99. The van der Waals surface area contributed by atoms with Crippen LogP contribution in [0, 0.1) is 28.8 Å². The number of nitrogens with zero attached hydrogens (tertiary/aromatic N) is 1. The Balaban J connectivity index is 2.39. The molecule has 0 aliphatic carbocycles. The van der Waals surface area contributed by atoms with Crippen molar-refractivity contribution in [2.24, 2.45) is 0 Å². The van der Waals surface area contributed by atoms with Gasteiger partial charge >= 0.3 is 0 Å². The van der Waals surface area contributed by atoms with Gasteiger partial charge in [0.2, 0.25) is 0 Å². The summed E-state index contributed by atoms with van der Waals surface area (Å²) in [6.07, 6.45) is 0. The topological polar surface area (TPSA) is 35.8 Å². The van der Waals surface area contributed by atoms with E-state index in [1.54, 1.807) is 6.07 Å². The second kappa shape index (κ2) is 5.33. The van der Waals surface area contributed by atoms with Crippen molar-refractivity contribution in [3.8, 4) is 6.07 Å². The molecule has 19 heavy (non-hydrogen) atoms. The molecule has 0 aromatic heterocycles. The molecule has 2 rings (SSSR count). The Bertz CT molecular complexity index is 680. The molecule has 0 unspecified atom stereocenters. The van der Waals surface area contributed by atoms with Crippen molar-refractivity contribution in [3.05, 3.63) is 57.8 Å². The second-order valence-corrected chi connectivity index (χ2v) is 4.57. The summed E-state index contributed by atoms with van der Waals surface area (Å²) < 4.78 is 39.9. The van der Waals surface area contributed by atoms with Gasteiger partial charge in [-0.15, -0.1) is 0 Å².